The van der Waals surface area contributed by atoms with E-state index in [1.165, 1.54) is 0 Å². The molecule has 0 unspecified atom stereocenters. The number of methoxy groups -OCH3 is 1. The average Bonchev–Trinajstić information content (AvgIpc) is 3.27. The molecule has 3 aromatic heterocycles. The molecule has 0 aliphatic rings. The summed E-state index contributed by atoms with van der Waals surface area (Å²) in [6, 6.07) is 13.7. The first-order valence-electron chi connectivity index (χ1n) is 8.57. The number of pyridine rings is 1. The van der Waals surface area contributed by atoms with Gasteiger partial charge in [0, 0.05) is 24.6 Å². The van der Waals surface area contributed by atoms with E-state index in [2.05, 4.69) is 10.1 Å². The van der Waals surface area contributed by atoms with Crippen LogP contribution in [0.3, 0.4) is 0 Å². The summed E-state index contributed by atoms with van der Waals surface area (Å²) in [7, 11) is 1.64. The van der Waals surface area contributed by atoms with Crippen molar-refractivity contribution in [1.29, 1.82) is 0 Å². The molecular formula is C20H19N5O2. The molecule has 1 aromatic carbocycles. The Morgan fingerprint density at radius 3 is 2.67 bits per heavy atom. The lowest BCUT2D eigenvalue weighted by Crippen LogP contribution is -2.03. The van der Waals surface area contributed by atoms with Gasteiger partial charge in [-0.3, -0.25) is 4.98 Å². The number of aromatic nitrogens is 5. The third-order valence-electron chi connectivity index (χ3n) is 4.25. The van der Waals surface area contributed by atoms with Gasteiger partial charge in [-0.25, -0.2) is 9.67 Å². The van der Waals surface area contributed by atoms with E-state index in [1.54, 1.807) is 18.0 Å². The van der Waals surface area contributed by atoms with Crippen LogP contribution in [0.25, 0.3) is 28.6 Å². The van der Waals surface area contributed by atoms with Crippen LogP contribution in [0.4, 0.5) is 0 Å². The summed E-state index contributed by atoms with van der Waals surface area (Å²) in [6.45, 7) is 4.18. The second kappa shape index (κ2) is 7.13. The highest BCUT2D eigenvalue weighted by atomic mass is 16.5. The lowest BCUT2D eigenvalue weighted by atomic mass is 10.2. The number of ether oxygens (including phenoxy) is 1. The zero-order valence-corrected chi connectivity index (χ0v) is 15.4. The van der Waals surface area contributed by atoms with Crippen LogP contribution in [-0.4, -0.2) is 32.0 Å². The van der Waals surface area contributed by atoms with Gasteiger partial charge in [0.25, 0.3) is 0 Å². The summed E-state index contributed by atoms with van der Waals surface area (Å²) in [4.78, 5) is 9.03. The predicted octanol–water partition coefficient (Wildman–Crippen LogP) is 3.75. The smallest absolute Gasteiger partial charge is 0.186 e. The minimum absolute atomic E-state index is 0.383. The van der Waals surface area contributed by atoms with Crippen molar-refractivity contribution in [1.82, 2.24) is 24.9 Å². The Morgan fingerprint density at radius 2 is 1.93 bits per heavy atom. The SMILES string of the molecule is COCc1c(-c2nc(-c3ccccc3)nn2-c2ccnc(C)c2)noc1C. The quantitative estimate of drug-likeness (QED) is 0.539. The molecule has 0 N–H and O–H groups in total. The molecule has 0 amide bonds. The van der Waals surface area contributed by atoms with Gasteiger partial charge in [0.05, 0.1) is 17.9 Å². The maximum atomic E-state index is 5.41. The molecule has 7 heteroatoms. The summed E-state index contributed by atoms with van der Waals surface area (Å²) < 4.78 is 12.5. The van der Waals surface area contributed by atoms with Crippen molar-refractivity contribution >= 4 is 0 Å². The summed E-state index contributed by atoms with van der Waals surface area (Å²) in [6.07, 6.45) is 1.75. The summed E-state index contributed by atoms with van der Waals surface area (Å²) in [5.41, 5.74) is 4.16. The van der Waals surface area contributed by atoms with E-state index in [-0.39, 0.29) is 0 Å². The van der Waals surface area contributed by atoms with Gasteiger partial charge in [0.2, 0.25) is 0 Å². The maximum Gasteiger partial charge on any atom is 0.186 e. The molecule has 0 saturated carbocycles. The Balaban J connectivity index is 1.93. The average molecular weight is 361 g/mol. The van der Waals surface area contributed by atoms with E-state index >= 15 is 0 Å². The van der Waals surface area contributed by atoms with Gasteiger partial charge in [-0.1, -0.05) is 35.5 Å². The van der Waals surface area contributed by atoms with Crippen molar-refractivity contribution in [3.8, 4) is 28.6 Å². The Morgan fingerprint density at radius 1 is 1.11 bits per heavy atom. The predicted molar refractivity (Wildman–Crippen MR) is 100 cm³/mol. The van der Waals surface area contributed by atoms with Crippen LogP contribution < -0.4 is 0 Å². The number of rotatable bonds is 5. The number of aryl methyl sites for hydroxylation is 2. The molecule has 27 heavy (non-hydrogen) atoms. The Hall–Kier alpha value is -3.32. The molecule has 4 aromatic rings. The first-order valence-corrected chi connectivity index (χ1v) is 8.57. The zero-order chi connectivity index (χ0) is 18.8. The van der Waals surface area contributed by atoms with E-state index in [0.29, 0.717) is 29.7 Å². The largest absolute Gasteiger partial charge is 0.380 e. The molecule has 3 heterocycles. The van der Waals surface area contributed by atoms with E-state index in [9.17, 15) is 0 Å². The monoisotopic (exact) mass is 361 g/mol. The fourth-order valence-electron chi connectivity index (χ4n) is 2.90. The molecule has 136 valence electrons. The fraction of sp³-hybridized carbons (Fsp3) is 0.200. The molecule has 0 saturated heterocycles. The first-order chi connectivity index (χ1) is 13.2. The normalized spacial score (nSPS) is 11.1. The third kappa shape index (κ3) is 3.24. The van der Waals surface area contributed by atoms with Crippen LogP contribution in [-0.2, 0) is 11.3 Å². The maximum absolute atomic E-state index is 5.41. The zero-order valence-electron chi connectivity index (χ0n) is 15.4. The summed E-state index contributed by atoms with van der Waals surface area (Å²) in [5, 5.41) is 8.96. The highest BCUT2D eigenvalue weighted by molar-refractivity contribution is 5.63. The van der Waals surface area contributed by atoms with E-state index in [1.807, 2.05) is 56.3 Å². The van der Waals surface area contributed by atoms with Gasteiger partial charge in [-0.05, 0) is 26.0 Å². The molecule has 0 radical (unpaired) electrons. The molecular weight excluding hydrogens is 342 g/mol. The number of nitrogens with zero attached hydrogens (tertiary/aromatic N) is 5. The van der Waals surface area contributed by atoms with E-state index in [4.69, 9.17) is 19.3 Å². The molecule has 0 fully saturated rings. The van der Waals surface area contributed by atoms with Gasteiger partial charge >= 0.3 is 0 Å². The summed E-state index contributed by atoms with van der Waals surface area (Å²) in [5.74, 6) is 1.92. The van der Waals surface area contributed by atoms with E-state index in [0.717, 1.165) is 22.5 Å². The molecule has 0 spiro atoms. The molecule has 7 nitrogen and oxygen atoms in total. The number of benzene rings is 1. The Kier molecular flexibility index (Phi) is 4.52. The van der Waals surface area contributed by atoms with Crippen molar-refractivity contribution in [2.75, 3.05) is 7.11 Å². The first kappa shape index (κ1) is 17.1. The van der Waals surface area contributed by atoms with Crippen LogP contribution in [0.15, 0.2) is 53.2 Å². The third-order valence-corrected chi connectivity index (χ3v) is 4.25. The van der Waals surface area contributed by atoms with Crippen molar-refractivity contribution in [3.63, 3.8) is 0 Å². The van der Waals surface area contributed by atoms with Gasteiger partial charge in [0.15, 0.2) is 17.3 Å². The molecule has 4 rings (SSSR count). The van der Waals surface area contributed by atoms with Crippen LogP contribution in [0.2, 0.25) is 0 Å². The lowest BCUT2D eigenvalue weighted by Gasteiger charge is -2.06. The molecule has 0 aliphatic heterocycles. The van der Waals surface area contributed by atoms with E-state index < -0.39 is 0 Å². The van der Waals surface area contributed by atoms with Crippen LogP contribution in [0.1, 0.15) is 17.0 Å². The highest BCUT2D eigenvalue weighted by Crippen LogP contribution is 2.29. The Labute approximate surface area is 156 Å². The number of hydrogen-bond acceptors (Lipinski definition) is 6. The highest BCUT2D eigenvalue weighted by Gasteiger charge is 2.23. The minimum Gasteiger partial charge on any atom is -0.380 e. The summed E-state index contributed by atoms with van der Waals surface area (Å²) >= 11 is 0. The van der Waals surface area contributed by atoms with Crippen LogP contribution >= 0.6 is 0 Å². The number of hydrogen-bond donors (Lipinski definition) is 0. The van der Waals surface area contributed by atoms with Crippen LogP contribution in [0, 0.1) is 13.8 Å². The van der Waals surface area contributed by atoms with Gasteiger partial charge in [0.1, 0.15) is 5.76 Å². The molecule has 0 atom stereocenters. The topological polar surface area (TPSA) is 78.9 Å². The lowest BCUT2D eigenvalue weighted by molar-refractivity contribution is 0.183. The minimum atomic E-state index is 0.383. The molecule has 0 aliphatic carbocycles. The van der Waals surface area contributed by atoms with Crippen molar-refractivity contribution in [2.45, 2.75) is 20.5 Å². The second-order valence-electron chi connectivity index (χ2n) is 6.19. The van der Waals surface area contributed by atoms with Crippen molar-refractivity contribution < 1.29 is 9.26 Å². The van der Waals surface area contributed by atoms with Crippen molar-refractivity contribution in [2.24, 2.45) is 0 Å². The Bertz CT molecular complexity index is 1070. The second-order valence-corrected chi connectivity index (χ2v) is 6.19. The fourth-order valence-corrected chi connectivity index (χ4v) is 2.90. The van der Waals surface area contributed by atoms with Crippen molar-refractivity contribution in [3.05, 3.63) is 65.7 Å². The van der Waals surface area contributed by atoms with Gasteiger partial charge in [-0.2, -0.15) is 0 Å². The standard InChI is InChI=1S/C20H19N5O2/c1-13-11-16(9-10-21-13)25-20(18-17(12-26-3)14(2)27-24-18)22-19(23-25)15-7-5-4-6-8-15/h4-11H,12H2,1-3H3. The molecule has 0 bridgehead atoms. The van der Waals surface area contributed by atoms with Gasteiger partial charge < -0.3 is 9.26 Å². The van der Waals surface area contributed by atoms with Crippen LogP contribution in [0.5, 0.6) is 0 Å². The van der Waals surface area contributed by atoms with Gasteiger partial charge in [-0.15, -0.1) is 5.10 Å².